The van der Waals surface area contributed by atoms with E-state index in [1.807, 2.05) is 0 Å². The molecular formula is C17H34N5OP. The molecule has 2 bridgehead atoms. The molecule has 24 heavy (non-hydrogen) atoms. The highest BCUT2D eigenvalue weighted by molar-refractivity contribution is 7.09. The molecule has 9 unspecified atom stereocenters. The predicted molar refractivity (Wildman–Crippen MR) is 98.5 cm³/mol. The number of fused-ring (bicyclic) bond motifs is 3. The lowest BCUT2D eigenvalue weighted by molar-refractivity contribution is -0.106. The summed E-state index contributed by atoms with van der Waals surface area (Å²) in [5, 5.41) is 0. The first-order chi connectivity index (χ1) is 11.2. The Kier molecular flexibility index (Phi) is 3.92. The van der Waals surface area contributed by atoms with Crippen molar-refractivity contribution in [2.24, 2.45) is 45.9 Å². The average Bonchev–Trinajstić information content (AvgIpc) is 2.70. The van der Waals surface area contributed by atoms with Crippen LogP contribution in [0.4, 0.5) is 0 Å². The molecule has 1 spiro atoms. The topological polar surface area (TPSA) is 139 Å². The third-order valence-corrected chi connectivity index (χ3v) is 8.75. The Labute approximate surface area is 147 Å². The van der Waals surface area contributed by atoms with Crippen molar-refractivity contribution in [3.05, 3.63) is 0 Å². The van der Waals surface area contributed by atoms with Gasteiger partial charge in [0.1, 0.15) is 6.23 Å². The van der Waals surface area contributed by atoms with Gasteiger partial charge in [0.25, 0.3) is 0 Å². The number of hydrogen-bond acceptors (Lipinski definition) is 6. The van der Waals surface area contributed by atoms with Gasteiger partial charge in [0, 0.05) is 26.6 Å². The molecule has 0 heterocycles. The summed E-state index contributed by atoms with van der Waals surface area (Å²) in [5.41, 5.74) is 32.6. The maximum atomic E-state index is 7.18. The molecule has 0 aromatic heterocycles. The summed E-state index contributed by atoms with van der Waals surface area (Å²) in [5.74, 6) is 0.654. The Morgan fingerprint density at radius 3 is 2.42 bits per heavy atom. The molecule has 0 aromatic rings. The van der Waals surface area contributed by atoms with Crippen molar-refractivity contribution in [3.8, 4) is 0 Å². The highest BCUT2D eigenvalue weighted by Crippen LogP contribution is 2.66. The summed E-state index contributed by atoms with van der Waals surface area (Å²) >= 11 is 0. The van der Waals surface area contributed by atoms with Crippen LogP contribution in [0.25, 0.3) is 0 Å². The predicted octanol–water partition coefficient (Wildman–Crippen LogP) is 0.282. The Morgan fingerprint density at radius 2 is 1.71 bits per heavy atom. The Hall–Kier alpha value is 0.190. The van der Waals surface area contributed by atoms with E-state index in [0.29, 0.717) is 5.92 Å². The molecule has 4 fully saturated rings. The van der Waals surface area contributed by atoms with E-state index in [1.165, 1.54) is 0 Å². The fourth-order valence-corrected chi connectivity index (χ4v) is 7.62. The summed E-state index contributed by atoms with van der Waals surface area (Å²) in [7, 11) is 2.27. The van der Waals surface area contributed by atoms with Gasteiger partial charge in [-0.15, -0.1) is 0 Å². The molecule has 7 heteroatoms. The van der Waals surface area contributed by atoms with E-state index in [-0.39, 0.29) is 28.5 Å². The fourth-order valence-electron chi connectivity index (χ4n) is 7.37. The van der Waals surface area contributed by atoms with Gasteiger partial charge in [-0.1, -0.05) is 0 Å². The minimum Gasteiger partial charge on any atom is -0.346 e. The molecule has 138 valence electrons. The van der Waals surface area contributed by atoms with Gasteiger partial charge in [-0.2, -0.15) is 0 Å². The number of nitrogens with two attached hydrogens (primary N) is 5. The van der Waals surface area contributed by atoms with Gasteiger partial charge in [-0.3, -0.25) is 0 Å². The van der Waals surface area contributed by atoms with Gasteiger partial charge in [0.05, 0.1) is 5.54 Å². The first-order valence-electron chi connectivity index (χ1n) is 9.44. The fraction of sp³-hybridized carbons (Fsp3) is 1.00. The summed E-state index contributed by atoms with van der Waals surface area (Å²) in [6.45, 7) is 0. The Bertz CT molecular complexity index is 537. The lowest BCUT2D eigenvalue weighted by Crippen LogP contribution is -2.75. The largest absolute Gasteiger partial charge is 0.346 e. The maximum Gasteiger partial charge on any atom is 0.127 e. The molecule has 0 aromatic carbocycles. The highest BCUT2D eigenvalue weighted by atomic mass is 31.0. The molecule has 4 saturated carbocycles. The van der Waals surface area contributed by atoms with Crippen molar-refractivity contribution in [1.82, 2.24) is 0 Å². The molecular weight excluding hydrogens is 321 g/mol. The first-order valence-corrected chi connectivity index (χ1v) is 9.91. The second-order valence-electron chi connectivity index (χ2n) is 9.40. The van der Waals surface area contributed by atoms with Crippen molar-refractivity contribution in [3.63, 3.8) is 0 Å². The summed E-state index contributed by atoms with van der Waals surface area (Å²) in [6.07, 6.45) is 8.66. The van der Waals surface area contributed by atoms with Gasteiger partial charge in [0.2, 0.25) is 0 Å². The van der Waals surface area contributed by atoms with Crippen LogP contribution in [0.5, 0.6) is 0 Å². The van der Waals surface area contributed by atoms with Crippen molar-refractivity contribution in [1.29, 1.82) is 0 Å². The van der Waals surface area contributed by atoms with Gasteiger partial charge in [-0.05, 0) is 75.0 Å². The van der Waals surface area contributed by atoms with Crippen LogP contribution in [-0.2, 0) is 4.52 Å². The quantitative estimate of drug-likeness (QED) is 0.356. The van der Waals surface area contributed by atoms with Crippen LogP contribution in [0.15, 0.2) is 0 Å². The van der Waals surface area contributed by atoms with E-state index in [1.54, 1.807) is 0 Å². The molecule has 9 atom stereocenters. The summed E-state index contributed by atoms with van der Waals surface area (Å²) in [4.78, 5) is 0. The van der Waals surface area contributed by atoms with Crippen LogP contribution in [-0.4, -0.2) is 28.9 Å². The van der Waals surface area contributed by atoms with E-state index < -0.39 is 11.8 Å². The van der Waals surface area contributed by atoms with Crippen LogP contribution in [0.1, 0.15) is 57.8 Å². The summed E-state index contributed by atoms with van der Waals surface area (Å²) in [6, 6.07) is 0.103. The molecule has 4 rings (SSSR count). The van der Waals surface area contributed by atoms with Crippen molar-refractivity contribution in [2.75, 3.05) is 0 Å². The van der Waals surface area contributed by atoms with E-state index in [9.17, 15) is 0 Å². The zero-order chi connectivity index (χ0) is 17.4. The van der Waals surface area contributed by atoms with E-state index in [0.717, 1.165) is 57.8 Å². The van der Waals surface area contributed by atoms with Crippen LogP contribution in [0.2, 0.25) is 0 Å². The minimum absolute atomic E-state index is 0.103. The number of hydrogen-bond donors (Lipinski definition) is 5. The molecule has 0 amide bonds. The summed E-state index contributed by atoms with van der Waals surface area (Å²) < 4.78 is 5.39. The molecule has 4 aliphatic carbocycles. The molecule has 0 saturated heterocycles. The zero-order valence-corrected chi connectivity index (χ0v) is 15.7. The highest BCUT2D eigenvalue weighted by Gasteiger charge is 2.68. The van der Waals surface area contributed by atoms with Gasteiger partial charge in [0.15, 0.2) is 0 Å². The Balaban J connectivity index is 1.71. The molecule has 10 N–H and O–H groups in total. The van der Waals surface area contributed by atoms with Crippen LogP contribution in [0.3, 0.4) is 0 Å². The molecule has 0 radical (unpaired) electrons. The second-order valence-corrected chi connectivity index (χ2v) is 9.67. The van der Waals surface area contributed by atoms with Gasteiger partial charge < -0.3 is 33.2 Å². The van der Waals surface area contributed by atoms with Crippen molar-refractivity contribution < 1.29 is 4.52 Å². The van der Waals surface area contributed by atoms with E-state index >= 15 is 0 Å². The molecule has 4 aliphatic rings. The SMILES string of the molecule is NC1CC23CCC4C(N)(C(N)OP)CCCC4(N)C2CCC1(N)C3. The maximum absolute atomic E-state index is 7.18. The molecule has 6 nitrogen and oxygen atoms in total. The van der Waals surface area contributed by atoms with Gasteiger partial charge in [-0.25, -0.2) is 0 Å². The van der Waals surface area contributed by atoms with Crippen LogP contribution in [0, 0.1) is 17.3 Å². The Morgan fingerprint density at radius 1 is 1.00 bits per heavy atom. The lowest BCUT2D eigenvalue weighted by Gasteiger charge is -2.64. The van der Waals surface area contributed by atoms with Crippen molar-refractivity contribution >= 4 is 9.47 Å². The normalized spacial score (nSPS) is 58.0. The smallest absolute Gasteiger partial charge is 0.127 e. The third kappa shape index (κ3) is 2.08. The monoisotopic (exact) mass is 355 g/mol. The van der Waals surface area contributed by atoms with Crippen LogP contribution < -0.4 is 28.7 Å². The van der Waals surface area contributed by atoms with E-state index in [2.05, 4.69) is 9.47 Å². The van der Waals surface area contributed by atoms with Crippen LogP contribution >= 0.6 is 9.47 Å². The standard InChI is InChI=1S/C17H34N5OP/c18-12-8-14-6-2-11-16(21,10(14)3-7-15(12,20)9-14)4-1-5-17(11,22)13(19)23-24/h10-13H,1-9,18-22,24H2. The van der Waals surface area contributed by atoms with E-state index in [4.69, 9.17) is 33.2 Å². The first kappa shape index (κ1) is 17.6. The third-order valence-electron chi connectivity index (χ3n) is 8.46. The van der Waals surface area contributed by atoms with Gasteiger partial charge >= 0.3 is 0 Å². The molecule has 0 aliphatic heterocycles. The average molecular weight is 355 g/mol. The minimum atomic E-state index is -0.547. The van der Waals surface area contributed by atoms with Crippen molar-refractivity contribution in [2.45, 2.75) is 86.7 Å². The second kappa shape index (κ2) is 5.35. The number of rotatable bonds is 2. The zero-order valence-electron chi connectivity index (χ0n) is 14.5. The lowest BCUT2D eigenvalue weighted by atomic mass is 9.44.